The molecule has 1 heterocycles. The number of carbonyl (C=O) groups is 2. The monoisotopic (exact) mass is 645 g/mol. The van der Waals surface area contributed by atoms with E-state index in [-0.39, 0.29) is 24.4 Å². The average Bonchev–Trinajstić information content (AvgIpc) is 3.46. The van der Waals surface area contributed by atoms with Crippen LogP contribution in [-0.4, -0.2) is 55.5 Å². The quantitative estimate of drug-likeness (QED) is 0.162. The molecule has 47 heavy (non-hydrogen) atoms. The van der Waals surface area contributed by atoms with E-state index in [9.17, 15) is 14.7 Å². The number of fused-ring (bicyclic) bond motifs is 1. The molecule has 2 N–H and O–H groups in total. The first-order valence-electron chi connectivity index (χ1n) is 18.4. The van der Waals surface area contributed by atoms with Gasteiger partial charge in [0.15, 0.2) is 0 Å². The van der Waals surface area contributed by atoms with Crippen molar-refractivity contribution >= 4 is 22.8 Å². The molecule has 9 nitrogen and oxygen atoms in total. The summed E-state index contributed by atoms with van der Waals surface area (Å²) in [5.41, 5.74) is 3.36. The van der Waals surface area contributed by atoms with Crippen LogP contribution < -0.4 is 10.1 Å². The standard InChI is InChI=1S/C38H55N5O4/c1-3-5-23-47-32-21-22-33-34(26-32)41-43(40-33)35-25-28(16-4-2)24-29(36(35)44)27-39-37(45)38(46)42(30-17-12-8-6-9-13-18-30)31-19-14-10-7-11-15-20-31/h21-22,24-26,30-31,44H,3-20,23,27H2,1-2H3,(H,39,45). The zero-order chi connectivity index (χ0) is 33.0. The molecule has 0 radical (unpaired) electrons. The molecule has 9 heteroatoms. The van der Waals surface area contributed by atoms with Gasteiger partial charge >= 0.3 is 11.8 Å². The van der Waals surface area contributed by atoms with Crippen molar-refractivity contribution in [1.29, 1.82) is 0 Å². The first kappa shape index (κ1) is 34.7. The molecular formula is C38H55N5O4. The Morgan fingerprint density at radius 1 is 0.851 bits per heavy atom. The molecule has 2 aliphatic carbocycles. The van der Waals surface area contributed by atoms with E-state index >= 15 is 0 Å². The second kappa shape index (κ2) is 17.5. The van der Waals surface area contributed by atoms with Crippen LogP contribution >= 0.6 is 0 Å². The van der Waals surface area contributed by atoms with Crippen LogP contribution in [0.3, 0.4) is 0 Å². The fourth-order valence-electron chi connectivity index (χ4n) is 7.31. The second-order valence-electron chi connectivity index (χ2n) is 13.6. The summed E-state index contributed by atoms with van der Waals surface area (Å²) in [6.45, 7) is 4.92. The zero-order valence-electron chi connectivity index (χ0n) is 28.6. The van der Waals surface area contributed by atoms with Gasteiger partial charge in [0.2, 0.25) is 0 Å². The van der Waals surface area contributed by atoms with Gasteiger partial charge in [-0.15, -0.1) is 15.0 Å². The minimum atomic E-state index is -0.588. The Kier molecular flexibility index (Phi) is 12.9. The Morgan fingerprint density at radius 2 is 1.47 bits per heavy atom. The lowest BCUT2D eigenvalue weighted by Crippen LogP contribution is -2.53. The summed E-state index contributed by atoms with van der Waals surface area (Å²) in [6, 6.07) is 9.67. The largest absolute Gasteiger partial charge is 0.505 e. The topological polar surface area (TPSA) is 110 Å². The molecule has 2 saturated carbocycles. The van der Waals surface area contributed by atoms with Gasteiger partial charge < -0.3 is 20.1 Å². The number of aromatic hydroxyl groups is 1. The van der Waals surface area contributed by atoms with E-state index < -0.39 is 11.8 Å². The van der Waals surface area contributed by atoms with Crippen LogP contribution in [0.1, 0.15) is 134 Å². The molecule has 0 bridgehead atoms. The molecule has 2 fully saturated rings. The molecule has 5 rings (SSSR count). The van der Waals surface area contributed by atoms with Crippen LogP contribution in [-0.2, 0) is 22.6 Å². The minimum Gasteiger partial charge on any atom is -0.505 e. The van der Waals surface area contributed by atoms with E-state index in [0.717, 1.165) is 88.4 Å². The van der Waals surface area contributed by atoms with Crippen molar-refractivity contribution in [2.45, 2.75) is 148 Å². The van der Waals surface area contributed by atoms with E-state index in [1.165, 1.54) is 43.3 Å². The molecule has 256 valence electrons. The fraction of sp³-hybridized carbons (Fsp3) is 0.632. The molecular weight excluding hydrogens is 590 g/mol. The molecule has 3 aromatic rings. The zero-order valence-corrected chi connectivity index (χ0v) is 28.6. The number of hydrogen-bond donors (Lipinski definition) is 2. The van der Waals surface area contributed by atoms with Crippen molar-refractivity contribution in [2.24, 2.45) is 0 Å². The van der Waals surface area contributed by atoms with Crippen LogP contribution in [0.4, 0.5) is 0 Å². The lowest BCUT2D eigenvalue weighted by Gasteiger charge is -2.39. The summed E-state index contributed by atoms with van der Waals surface area (Å²) >= 11 is 0. The molecule has 0 saturated heterocycles. The summed E-state index contributed by atoms with van der Waals surface area (Å²) < 4.78 is 5.86. The summed E-state index contributed by atoms with van der Waals surface area (Å²) in [6.07, 6.45) is 19.3. The van der Waals surface area contributed by atoms with Crippen molar-refractivity contribution < 1.29 is 19.4 Å². The Balaban J connectivity index is 1.36. The second-order valence-corrected chi connectivity index (χ2v) is 13.6. The van der Waals surface area contributed by atoms with E-state index in [1.54, 1.807) is 0 Å². The van der Waals surface area contributed by atoms with Crippen molar-refractivity contribution in [2.75, 3.05) is 6.61 Å². The first-order chi connectivity index (χ1) is 23.0. The smallest absolute Gasteiger partial charge is 0.312 e. The first-order valence-corrected chi connectivity index (χ1v) is 18.4. The third-order valence-corrected chi connectivity index (χ3v) is 9.91. The molecule has 2 amide bonds. The highest BCUT2D eigenvalue weighted by atomic mass is 16.5. The Hall–Kier alpha value is -3.62. The van der Waals surface area contributed by atoms with Crippen LogP contribution in [0, 0.1) is 0 Å². The molecule has 0 unspecified atom stereocenters. The number of hydrogen-bond acceptors (Lipinski definition) is 6. The van der Waals surface area contributed by atoms with Gasteiger partial charge in [0, 0.05) is 30.3 Å². The van der Waals surface area contributed by atoms with Crippen molar-refractivity contribution in [3.8, 4) is 17.2 Å². The van der Waals surface area contributed by atoms with Gasteiger partial charge in [-0.3, -0.25) is 9.59 Å². The van der Waals surface area contributed by atoms with Crippen LogP contribution in [0.5, 0.6) is 11.5 Å². The highest BCUT2D eigenvalue weighted by molar-refractivity contribution is 6.35. The minimum absolute atomic E-state index is 0.00535. The summed E-state index contributed by atoms with van der Waals surface area (Å²) in [5.74, 6) is -0.269. The predicted octanol–water partition coefficient (Wildman–Crippen LogP) is 7.93. The normalized spacial score (nSPS) is 17.0. The fourth-order valence-corrected chi connectivity index (χ4v) is 7.31. The number of nitrogens with zero attached hydrogens (tertiary/aromatic N) is 4. The Labute approximate surface area is 280 Å². The number of phenols is 1. The van der Waals surface area contributed by atoms with E-state index in [1.807, 2.05) is 35.2 Å². The number of phenolic OH excluding ortho intramolecular Hbond substituents is 1. The van der Waals surface area contributed by atoms with Crippen molar-refractivity contribution in [3.63, 3.8) is 0 Å². The third kappa shape index (κ3) is 9.26. The summed E-state index contributed by atoms with van der Waals surface area (Å²) in [5, 5.41) is 23.7. The van der Waals surface area contributed by atoms with Gasteiger partial charge in [-0.05, 0) is 62.3 Å². The van der Waals surface area contributed by atoms with Crippen LogP contribution in [0.2, 0.25) is 0 Å². The maximum atomic E-state index is 14.0. The van der Waals surface area contributed by atoms with Gasteiger partial charge in [-0.1, -0.05) is 97.0 Å². The van der Waals surface area contributed by atoms with E-state index in [0.29, 0.717) is 28.9 Å². The van der Waals surface area contributed by atoms with Crippen molar-refractivity contribution in [3.05, 3.63) is 41.5 Å². The van der Waals surface area contributed by atoms with E-state index in [4.69, 9.17) is 4.74 Å². The average molecular weight is 646 g/mol. The van der Waals surface area contributed by atoms with Crippen LogP contribution in [0.15, 0.2) is 30.3 Å². The highest BCUT2D eigenvalue weighted by Crippen LogP contribution is 2.31. The lowest BCUT2D eigenvalue weighted by atomic mass is 9.90. The molecule has 2 aromatic carbocycles. The number of benzene rings is 2. The number of aryl methyl sites for hydroxylation is 1. The summed E-state index contributed by atoms with van der Waals surface area (Å²) in [7, 11) is 0. The third-order valence-electron chi connectivity index (χ3n) is 9.91. The lowest BCUT2D eigenvalue weighted by molar-refractivity contribution is -0.150. The van der Waals surface area contributed by atoms with Crippen LogP contribution in [0.25, 0.3) is 16.7 Å². The maximum Gasteiger partial charge on any atom is 0.312 e. The molecule has 0 aliphatic heterocycles. The number of nitrogens with one attached hydrogen (secondary N) is 1. The number of rotatable bonds is 11. The maximum absolute atomic E-state index is 14.0. The highest BCUT2D eigenvalue weighted by Gasteiger charge is 2.34. The van der Waals surface area contributed by atoms with Gasteiger partial charge in [0.1, 0.15) is 28.2 Å². The predicted molar refractivity (Wildman–Crippen MR) is 186 cm³/mol. The Bertz CT molecular complexity index is 1430. The van der Waals surface area contributed by atoms with Gasteiger partial charge in [-0.2, -0.15) is 0 Å². The molecule has 0 atom stereocenters. The SMILES string of the molecule is CCCCOc1ccc2nn(-c3cc(CCC)cc(CNC(=O)C(=O)N(C4CCCCCCC4)C4CCCCCCC4)c3O)nc2c1. The number of amides is 2. The Morgan fingerprint density at radius 3 is 2.09 bits per heavy atom. The van der Waals surface area contributed by atoms with Gasteiger partial charge in [-0.25, -0.2) is 0 Å². The van der Waals surface area contributed by atoms with Gasteiger partial charge in [0.25, 0.3) is 0 Å². The number of unbranched alkanes of at least 4 members (excludes halogenated alkanes) is 1. The number of ether oxygens (including phenoxy) is 1. The number of carbonyl (C=O) groups excluding carboxylic acids is 2. The van der Waals surface area contributed by atoms with Gasteiger partial charge in [0.05, 0.1) is 6.61 Å². The molecule has 1 aromatic heterocycles. The molecule has 2 aliphatic rings. The summed E-state index contributed by atoms with van der Waals surface area (Å²) in [4.78, 5) is 31.1. The number of aromatic nitrogens is 3. The van der Waals surface area contributed by atoms with Crippen molar-refractivity contribution in [1.82, 2.24) is 25.2 Å². The molecule has 0 spiro atoms. The van der Waals surface area contributed by atoms with E-state index in [2.05, 4.69) is 29.4 Å².